The van der Waals surface area contributed by atoms with Crippen molar-refractivity contribution in [2.45, 2.75) is 0 Å². The minimum atomic E-state index is -0.773. The molecule has 0 aliphatic carbocycles. The summed E-state index contributed by atoms with van der Waals surface area (Å²) < 4.78 is 14.7. The zero-order valence-corrected chi connectivity index (χ0v) is 20.8. The third-order valence-corrected chi connectivity index (χ3v) is 8.31. The molecule has 0 unspecified atom stereocenters. The second-order valence-electron chi connectivity index (χ2n) is 5.42. The van der Waals surface area contributed by atoms with Gasteiger partial charge < -0.3 is 0 Å². The number of aromatic nitrogens is 1. The summed E-state index contributed by atoms with van der Waals surface area (Å²) in [5.41, 5.74) is -0.0867. The van der Waals surface area contributed by atoms with E-state index in [1.807, 2.05) is 0 Å². The number of hydrogen-bond donors (Lipinski definition) is 0. The van der Waals surface area contributed by atoms with Crippen molar-refractivity contribution < 1.29 is 4.39 Å². The molecule has 0 atom stereocenters. The second-order valence-corrected chi connectivity index (χ2v) is 9.20. The zero-order chi connectivity index (χ0) is 21.8. The number of benzene rings is 2. The molecule has 0 saturated heterocycles. The Morgan fingerprint density at radius 3 is 1.24 bits per heavy atom. The van der Waals surface area contributed by atoms with E-state index < -0.39 is 5.82 Å². The van der Waals surface area contributed by atoms with Crippen LogP contribution in [0.3, 0.4) is 0 Å². The maximum absolute atomic E-state index is 14.7. The quantitative estimate of drug-likeness (QED) is 0.213. The average molecular weight is 594 g/mol. The van der Waals surface area contributed by atoms with Gasteiger partial charge in [-0.3, -0.25) is 0 Å². The van der Waals surface area contributed by atoms with Crippen molar-refractivity contribution in [1.29, 1.82) is 0 Å². The molecule has 2 aromatic carbocycles. The van der Waals surface area contributed by atoms with Crippen molar-refractivity contribution in [3.05, 3.63) is 68.2 Å². The van der Waals surface area contributed by atoms with Crippen molar-refractivity contribution in [2.24, 2.45) is 0 Å². The minimum Gasteiger partial charge on any atom is -0.244 e. The molecule has 0 saturated carbocycles. The molecule has 0 fully saturated rings. The van der Waals surface area contributed by atoms with Gasteiger partial charge in [-0.15, -0.1) is 0 Å². The molecule has 0 aliphatic rings. The van der Waals surface area contributed by atoms with E-state index in [-0.39, 0.29) is 72.7 Å². The maximum Gasteiger partial charge on any atom is 0.149 e. The summed E-state index contributed by atoms with van der Waals surface area (Å²) in [5.74, 6) is -0.773. The third kappa shape index (κ3) is 4.12. The van der Waals surface area contributed by atoms with E-state index in [0.717, 1.165) is 6.07 Å². The van der Waals surface area contributed by atoms with E-state index in [1.54, 1.807) is 0 Å². The summed E-state index contributed by atoms with van der Waals surface area (Å²) in [6.07, 6.45) is 0. The highest BCUT2D eigenvalue weighted by atomic mass is 35.5. The third-order valence-electron chi connectivity index (χ3n) is 3.76. The number of pyridine rings is 1. The highest BCUT2D eigenvalue weighted by Gasteiger charge is 2.26. The molecular formula is C17H2Cl10FN. The Balaban J connectivity index is 2.37. The van der Waals surface area contributed by atoms with Gasteiger partial charge >= 0.3 is 0 Å². The van der Waals surface area contributed by atoms with Gasteiger partial charge in [0.1, 0.15) is 11.5 Å². The number of halogens is 11. The molecule has 0 aliphatic heterocycles. The molecule has 12 heteroatoms. The summed E-state index contributed by atoms with van der Waals surface area (Å²) >= 11 is 61.4. The molecule has 0 radical (unpaired) electrons. The molecule has 1 heterocycles. The molecule has 0 spiro atoms. The Labute approximate surface area is 214 Å². The first-order valence-electron chi connectivity index (χ1n) is 7.19. The van der Waals surface area contributed by atoms with Gasteiger partial charge in [0.15, 0.2) is 0 Å². The van der Waals surface area contributed by atoms with Crippen molar-refractivity contribution in [3.8, 4) is 22.5 Å². The summed E-state index contributed by atoms with van der Waals surface area (Å²) in [5, 5.41) is -0.754. The van der Waals surface area contributed by atoms with Gasteiger partial charge in [0.2, 0.25) is 0 Å². The van der Waals surface area contributed by atoms with Crippen LogP contribution in [0.5, 0.6) is 0 Å². The van der Waals surface area contributed by atoms with Gasteiger partial charge in [-0.05, 0) is 12.1 Å². The lowest BCUT2D eigenvalue weighted by Crippen LogP contribution is -1.97. The predicted octanol–water partition coefficient (Wildman–Crippen LogP) is 11.1. The van der Waals surface area contributed by atoms with Crippen molar-refractivity contribution in [3.63, 3.8) is 0 Å². The highest BCUT2D eigenvalue weighted by molar-refractivity contribution is 6.57. The van der Waals surface area contributed by atoms with Crippen LogP contribution in [0.1, 0.15) is 0 Å². The second kappa shape index (κ2) is 9.11. The monoisotopic (exact) mass is 589 g/mol. The SMILES string of the molecule is Fc1ccc(-c2c(Cl)c(Cl)c(Cl)c(Cl)c2Cl)nc1-c1c(Cl)c(Cl)c(Cl)c(Cl)c1Cl. The number of hydrogen-bond acceptors (Lipinski definition) is 1. The van der Waals surface area contributed by atoms with Gasteiger partial charge in [-0.1, -0.05) is 116 Å². The van der Waals surface area contributed by atoms with Gasteiger partial charge in [0.05, 0.1) is 55.9 Å². The minimum absolute atomic E-state index is 0.0273. The van der Waals surface area contributed by atoms with Gasteiger partial charge in [-0.25, -0.2) is 9.37 Å². The van der Waals surface area contributed by atoms with Gasteiger partial charge in [-0.2, -0.15) is 0 Å². The highest BCUT2D eigenvalue weighted by Crippen LogP contribution is 2.50. The predicted molar refractivity (Wildman–Crippen MR) is 125 cm³/mol. The average Bonchev–Trinajstić information content (AvgIpc) is 2.70. The Bertz CT molecular complexity index is 1120. The van der Waals surface area contributed by atoms with Crippen LogP contribution in [-0.2, 0) is 0 Å². The van der Waals surface area contributed by atoms with Crippen LogP contribution in [-0.4, -0.2) is 4.98 Å². The molecule has 0 bridgehead atoms. The first-order valence-corrected chi connectivity index (χ1v) is 11.0. The fourth-order valence-corrected chi connectivity index (χ4v) is 5.05. The van der Waals surface area contributed by atoms with Crippen LogP contribution < -0.4 is 0 Å². The molecule has 1 aromatic heterocycles. The van der Waals surface area contributed by atoms with Crippen LogP contribution in [0.4, 0.5) is 4.39 Å². The number of nitrogens with zero attached hydrogens (tertiary/aromatic N) is 1. The standard InChI is InChI=1S/C17H2Cl10FN/c18-7-5(8(19)12(23)15(26)11(7)22)4-2-1-3(28)17(29-4)6-9(20)13(24)16(27)14(25)10(6)21/h1-2H. The first kappa shape index (κ1) is 24.1. The van der Waals surface area contributed by atoms with Gasteiger partial charge in [0, 0.05) is 11.1 Å². The molecule has 3 aromatic rings. The van der Waals surface area contributed by atoms with Crippen LogP contribution in [0, 0.1) is 5.82 Å². The molecule has 0 N–H and O–H groups in total. The largest absolute Gasteiger partial charge is 0.244 e. The summed E-state index contributed by atoms with van der Waals surface area (Å²) in [6.45, 7) is 0. The molecule has 1 nitrogen and oxygen atoms in total. The molecule has 3 rings (SSSR count). The summed E-state index contributed by atoms with van der Waals surface area (Å²) in [4.78, 5) is 4.25. The summed E-state index contributed by atoms with van der Waals surface area (Å²) in [7, 11) is 0. The fourth-order valence-electron chi connectivity index (χ4n) is 2.40. The van der Waals surface area contributed by atoms with Crippen LogP contribution in [0.25, 0.3) is 22.5 Å². The normalized spacial score (nSPS) is 11.3. The van der Waals surface area contributed by atoms with Crippen molar-refractivity contribution in [2.75, 3.05) is 0 Å². The lowest BCUT2D eigenvalue weighted by molar-refractivity contribution is 0.626. The van der Waals surface area contributed by atoms with Crippen LogP contribution >= 0.6 is 116 Å². The smallest absolute Gasteiger partial charge is 0.149 e. The lowest BCUT2D eigenvalue weighted by Gasteiger charge is -2.15. The van der Waals surface area contributed by atoms with Crippen LogP contribution in [0.15, 0.2) is 12.1 Å². The van der Waals surface area contributed by atoms with E-state index >= 15 is 0 Å². The van der Waals surface area contributed by atoms with E-state index in [2.05, 4.69) is 4.98 Å². The molecule has 0 amide bonds. The zero-order valence-electron chi connectivity index (χ0n) is 13.3. The Hall–Kier alpha value is 0.420. The van der Waals surface area contributed by atoms with Gasteiger partial charge in [0.25, 0.3) is 0 Å². The summed E-state index contributed by atoms with van der Waals surface area (Å²) in [6, 6.07) is 2.41. The van der Waals surface area contributed by atoms with E-state index in [4.69, 9.17) is 116 Å². The molecular weight excluding hydrogens is 592 g/mol. The Kier molecular flexibility index (Phi) is 7.56. The van der Waals surface area contributed by atoms with E-state index in [0.29, 0.717) is 0 Å². The van der Waals surface area contributed by atoms with E-state index in [1.165, 1.54) is 6.07 Å². The number of rotatable bonds is 2. The fraction of sp³-hybridized carbons (Fsp3) is 0. The van der Waals surface area contributed by atoms with Crippen LogP contribution in [0.2, 0.25) is 50.2 Å². The molecule has 152 valence electrons. The first-order chi connectivity index (χ1) is 13.5. The Morgan fingerprint density at radius 1 is 0.483 bits per heavy atom. The Morgan fingerprint density at radius 2 is 0.828 bits per heavy atom. The van der Waals surface area contributed by atoms with Crippen molar-refractivity contribution >= 4 is 116 Å². The van der Waals surface area contributed by atoms with Crippen molar-refractivity contribution in [1.82, 2.24) is 4.98 Å². The molecule has 29 heavy (non-hydrogen) atoms. The topological polar surface area (TPSA) is 12.9 Å². The lowest BCUT2D eigenvalue weighted by atomic mass is 10.1. The maximum atomic E-state index is 14.7. The van der Waals surface area contributed by atoms with E-state index in [9.17, 15) is 4.39 Å².